The lowest BCUT2D eigenvalue weighted by Crippen LogP contribution is -2.18. The van der Waals surface area contributed by atoms with Crippen LogP contribution in [0.3, 0.4) is 0 Å². The molecule has 0 aliphatic rings. The van der Waals surface area contributed by atoms with Gasteiger partial charge in [-0.1, -0.05) is 20.3 Å². The van der Waals surface area contributed by atoms with Gasteiger partial charge in [0.1, 0.15) is 5.75 Å². The van der Waals surface area contributed by atoms with Crippen LogP contribution in [0.15, 0.2) is 18.2 Å². The number of anilines is 2. The predicted octanol–water partition coefficient (Wildman–Crippen LogP) is 3.64. The van der Waals surface area contributed by atoms with E-state index in [0.29, 0.717) is 17.5 Å². The molecule has 1 aromatic carbocycles. The zero-order valence-corrected chi connectivity index (χ0v) is 12.2. The van der Waals surface area contributed by atoms with E-state index in [4.69, 9.17) is 4.74 Å². The van der Waals surface area contributed by atoms with Crippen molar-refractivity contribution in [3.05, 3.63) is 18.2 Å². The smallest absolute Gasteiger partial charge is 0.221 e. The number of amides is 1. The summed E-state index contributed by atoms with van der Waals surface area (Å²) in [5, 5.41) is 6.24. The fourth-order valence-corrected chi connectivity index (χ4v) is 2.04. The number of benzene rings is 1. The van der Waals surface area contributed by atoms with Crippen molar-refractivity contribution in [2.45, 2.75) is 46.1 Å². The normalized spacial score (nSPS) is 11.8. The SMILES string of the molecule is CCCC(CC)Nc1ccc(NC(C)=O)c(OC)c1. The molecule has 4 nitrogen and oxygen atoms in total. The third-order valence-electron chi connectivity index (χ3n) is 3.01. The summed E-state index contributed by atoms with van der Waals surface area (Å²) < 4.78 is 5.31. The summed E-state index contributed by atoms with van der Waals surface area (Å²) in [7, 11) is 1.60. The van der Waals surface area contributed by atoms with Crippen LogP contribution >= 0.6 is 0 Å². The zero-order valence-electron chi connectivity index (χ0n) is 12.2. The highest BCUT2D eigenvalue weighted by molar-refractivity contribution is 5.90. The van der Waals surface area contributed by atoms with Crippen LogP contribution in [-0.4, -0.2) is 19.1 Å². The van der Waals surface area contributed by atoms with Gasteiger partial charge >= 0.3 is 0 Å². The molecule has 1 amide bonds. The summed E-state index contributed by atoms with van der Waals surface area (Å²) in [5.74, 6) is 0.572. The van der Waals surface area contributed by atoms with Crippen molar-refractivity contribution in [2.75, 3.05) is 17.7 Å². The molecule has 19 heavy (non-hydrogen) atoms. The first-order valence-corrected chi connectivity index (χ1v) is 6.82. The number of hydrogen-bond donors (Lipinski definition) is 2. The summed E-state index contributed by atoms with van der Waals surface area (Å²) in [6.45, 7) is 5.85. The zero-order chi connectivity index (χ0) is 14.3. The molecule has 0 aromatic heterocycles. The van der Waals surface area contributed by atoms with E-state index in [2.05, 4.69) is 24.5 Å². The molecule has 106 valence electrons. The molecule has 0 heterocycles. The van der Waals surface area contributed by atoms with Gasteiger partial charge in [0.05, 0.1) is 12.8 Å². The van der Waals surface area contributed by atoms with Gasteiger partial charge in [0.15, 0.2) is 0 Å². The summed E-state index contributed by atoms with van der Waals surface area (Å²) in [5.41, 5.74) is 1.72. The Balaban J connectivity index is 2.83. The van der Waals surface area contributed by atoms with E-state index in [-0.39, 0.29) is 5.91 Å². The second kappa shape index (κ2) is 7.67. The van der Waals surface area contributed by atoms with Crippen molar-refractivity contribution in [1.82, 2.24) is 0 Å². The molecule has 2 N–H and O–H groups in total. The number of nitrogens with one attached hydrogen (secondary N) is 2. The van der Waals surface area contributed by atoms with Crippen molar-refractivity contribution in [2.24, 2.45) is 0 Å². The van der Waals surface area contributed by atoms with E-state index in [1.54, 1.807) is 7.11 Å². The first-order valence-electron chi connectivity index (χ1n) is 6.82. The summed E-state index contributed by atoms with van der Waals surface area (Å²) >= 11 is 0. The lowest BCUT2D eigenvalue weighted by Gasteiger charge is -2.19. The average molecular weight is 264 g/mol. The highest BCUT2D eigenvalue weighted by Crippen LogP contribution is 2.28. The Bertz CT molecular complexity index is 419. The molecule has 0 saturated carbocycles. The Morgan fingerprint density at radius 3 is 2.63 bits per heavy atom. The minimum atomic E-state index is -0.101. The van der Waals surface area contributed by atoms with Crippen LogP contribution in [0.4, 0.5) is 11.4 Å². The average Bonchev–Trinajstić information content (AvgIpc) is 2.39. The van der Waals surface area contributed by atoms with Gasteiger partial charge in [-0.3, -0.25) is 4.79 Å². The van der Waals surface area contributed by atoms with Gasteiger partial charge in [0, 0.05) is 24.7 Å². The highest BCUT2D eigenvalue weighted by Gasteiger charge is 2.09. The number of methoxy groups -OCH3 is 1. The molecule has 0 saturated heterocycles. The van der Waals surface area contributed by atoms with Crippen LogP contribution in [0.5, 0.6) is 5.75 Å². The Hall–Kier alpha value is -1.71. The molecular weight excluding hydrogens is 240 g/mol. The molecular formula is C15H24N2O2. The Morgan fingerprint density at radius 1 is 1.37 bits per heavy atom. The molecule has 0 bridgehead atoms. The van der Waals surface area contributed by atoms with Crippen LogP contribution < -0.4 is 15.4 Å². The van der Waals surface area contributed by atoms with Crippen LogP contribution in [0.1, 0.15) is 40.0 Å². The maximum absolute atomic E-state index is 11.1. The number of hydrogen-bond acceptors (Lipinski definition) is 3. The minimum absolute atomic E-state index is 0.101. The van der Waals surface area contributed by atoms with Crippen LogP contribution in [-0.2, 0) is 4.79 Å². The second-order valence-corrected chi connectivity index (χ2v) is 4.63. The molecule has 0 radical (unpaired) electrons. The molecule has 0 spiro atoms. The van der Waals surface area contributed by atoms with Gasteiger partial charge in [0.2, 0.25) is 5.91 Å². The van der Waals surface area contributed by atoms with E-state index in [1.807, 2.05) is 18.2 Å². The van der Waals surface area contributed by atoms with Crippen molar-refractivity contribution >= 4 is 17.3 Å². The van der Waals surface area contributed by atoms with E-state index < -0.39 is 0 Å². The molecule has 1 unspecified atom stereocenters. The van der Waals surface area contributed by atoms with Crippen LogP contribution in [0.25, 0.3) is 0 Å². The predicted molar refractivity (Wildman–Crippen MR) is 79.9 cm³/mol. The van der Waals surface area contributed by atoms with Gasteiger partial charge in [-0.25, -0.2) is 0 Å². The maximum atomic E-state index is 11.1. The Kier molecular flexibility index (Phi) is 6.19. The van der Waals surface area contributed by atoms with Crippen LogP contribution in [0, 0.1) is 0 Å². The summed E-state index contributed by atoms with van der Waals surface area (Å²) in [6, 6.07) is 6.22. The molecule has 0 aliphatic carbocycles. The number of ether oxygens (including phenoxy) is 1. The van der Waals surface area contributed by atoms with Gasteiger partial charge < -0.3 is 15.4 Å². The van der Waals surface area contributed by atoms with E-state index in [1.165, 1.54) is 6.92 Å². The van der Waals surface area contributed by atoms with E-state index in [0.717, 1.165) is 24.9 Å². The lowest BCUT2D eigenvalue weighted by molar-refractivity contribution is -0.114. The first-order chi connectivity index (χ1) is 9.10. The summed E-state index contributed by atoms with van der Waals surface area (Å²) in [4.78, 5) is 11.1. The van der Waals surface area contributed by atoms with Crippen molar-refractivity contribution in [1.29, 1.82) is 0 Å². The Morgan fingerprint density at radius 2 is 2.11 bits per heavy atom. The third-order valence-corrected chi connectivity index (χ3v) is 3.01. The molecule has 0 aliphatic heterocycles. The highest BCUT2D eigenvalue weighted by atomic mass is 16.5. The van der Waals surface area contributed by atoms with Crippen molar-refractivity contribution in [3.8, 4) is 5.75 Å². The number of carbonyl (C=O) groups is 1. The second-order valence-electron chi connectivity index (χ2n) is 4.63. The minimum Gasteiger partial charge on any atom is -0.494 e. The van der Waals surface area contributed by atoms with Gasteiger partial charge in [-0.2, -0.15) is 0 Å². The topological polar surface area (TPSA) is 50.4 Å². The largest absolute Gasteiger partial charge is 0.494 e. The monoisotopic (exact) mass is 264 g/mol. The van der Waals surface area contributed by atoms with E-state index in [9.17, 15) is 4.79 Å². The van der Waals surface area contributed by atoms with Crippen molar-refractivity contribution in [3.63, 3.8) is 0 Å². The quantitative estimate of drug-likeness (QED) is 0.790. The first kappa shape index (κ1) is 15.3. The molecule has 1 atom stereocenters. The fraction of sp³-hybridized carbons (Fsp3) is 0.533. The molecule has 1 aromatic rings. The summed E-state index contributed by atoms with van der Waals surface area (Å²) in [6.07, 6.45) is 3.39. The van der Waals surface area contributed by atoms with Gasteiger partial charge in [0.25, 0.3) is 0 Å². The molecule has 0 fully saturated rings. The third kappa shape index (κ3) is 4.81. The number of rotatable bonds is 7. The standard InChI is InChI=1S/C15H24N2O2/c1-5-7-12(6-2)17-13-8-9-14(16-11(3)18)15(10-13)19-4/h8-10,12,17H,5-7H2,1-4H3,(H,16,18). The fourth-order valence-electron chi connectivity index (χ4n) is 2.04. The van der Waals surface area contributed by atoms with Crippen LogP contribution in [0.2, 0.25) is 0 Å². The Labute approximate surface area is 115 Å². The van der Waals surface area contributed by atoms with Crippen molar-refractivity contribution < 1.29 is 9.53 Å². The maximum Gasteiger partial charge on any atom is 0.221 e. The van der Waals surface area contributed by atoms with Gasteiger partial charge in [-0.15, -0.1) is 0 Å². The lowest BCUT2D eigenvalue weighted by atomic mass is 10.1. The van der Waals surface area contributed by atoms with E-state index >= 15 is 0 Å². The molecule has 4 heteroatoms. The van der Waals surface area contributed by atoms with Gasteiger partial charge in [-0.05, 0) is 25.0 Å². The number of carbonyl (C=O) groups excluding carboxylic acids is 1. The molecule has 1 rings (SSSR count).